The number of hydrogen-bond acceptors (Lipinski definition) is 2. The summed E-state index contributed by atoms with van der Waals surface area (Å²) in [6, 6.07) is 19.5. The molecule has 4 N–H and O–H groups in total. The van der Waals surface area contributed by atoms with Crippen molar-refractivity contribution in [3.8, 4) is 0 Å². The van der Waals surface area contributed by atoms with E-state index in [4.69, 9.17) is 5.73 Å². The molecule has 22 heavy (non-hydrogen) atoms. The summed E-state index contributed by atoms with van der Waals surface area (Å²) in [5.41, 5.74) is 7.64. The van der Waals surface area contributed by atoms with E-state index in [1.807, 2.05) is 60.7 Å². The third-order valence-corrected chi connectivity index (χ3v) is 4.20. The third kappa shape index (κ3) is 3.28. The number of hydrogen-bond donors (Lipinski definition) is 3. The molecule has 4 heteroatoms. The highest BCUT2D eigenvalue weighted by atomic mass is 16.3. The van der Waals surface area contributed by atoms with Crippen molar-refractivity contribution >= 4 is 11.6 Å². The highest BCUT2D eigenvalue weighted by molar-refractivity contribution is 5.92. The molecule has 0 aromatic heterocycles. The highest BCUT2D eigenvalue weighted by Crippen LogP contribution is 2.55. The summed E-state index contributed by atoms with van der Waals surface area (Å²) in [7, 11) is 0. The summed E-state index contributed by atoms with van der Waals surface area (Å²) in [5.74, 6) is 0.387. The molecule has 0 radical (unpaired) electrons. The molecule has 1 unspecified atom stereocenters. The van der Waals surface area contributed by atoms with Crippen molar-refractivity contribution in [3.63, 3.8) is 0 Å². The highest BCUT2D eigenvalue weighted by Gasteiger charge is 2.49. The number of rotatable bonds is 5. The van der Waals surface area contributed by atoms with Gasteiger partial charge in [0, 0.05) is 11.1 Å². The minimum Gasteiger partial charge on any atom is -0.388 e. The standard InChI is InChI=1S/C18H21N3O/c19-17(21-15-9-5-2-6-10-15)20-13-18(11-12-18)16(22)14-7-3-1-4-8-14/h1-10,16,22H,11-13H2,(H3,19,20,21). The molecule has 4 nitrogen and oxygen atoms in total. The Bertz CT molecular complexity index is 636. The number of nitrogens with zero attached hydrogens (tertiary/aromatic N) is 1. The van der Waals surface area contributed by atoms with E-state index >= 15 is 0 Å². The Kier molecular flexibility index (Phi) is 4.11. The Labute approximate surface area is 130 Å². The molecule has 1 fully saturated rings. The normalized spacial score (nSPS) is 17.8. The molecule has 114 valence electrons. The molecule has 1 saturated carbocycles. The molecule has 1 aliphatic carbocycles. The van der Waals surface area contributed by atoms with Crippen LogP contribution >= 0.6 is 0 Å². The molecule has 2 aromatic carbocycles. The lowest BCUT2D eigenvalue weighted by atomic mass is 9.93. The zero-order chi connectivity index (χ0) is 15.4. The Balaban J connectivity index is 1.64. The molecule has 1 atom stereocenters. The van der Waals surface area contributed by atoms with Gasteiger partial charge in [-0.3, -0.25) is 4.99 Å². The van der Waals surface area contributed by atoms with Crippen LogP contribution in [-0.4, -0.2) is 17.6 Å². The maximum absolute atomic E-state index is 10.6. The average molecular weight is 295 g/mol. The number of aliphatic hydroxyl groups excluding tert-OH is 1. The third-order valence-electron chi connectivity index (χ3n) is 4.20. The van der Waals surface area contributed by atoms with Gasteiger partial charge in [-0.15, -0.1) is 0 Å². The molecule has 0 amide bonds. The second-order valence-electron chi connectivity index (χ2n) is 5.87. The lowest BCUT2D eigenvalue weighted by molar-refractivity contribution is 0.0978. The number of benzene rings is 2. The maximum Gasteiger partial charge on any atom is 0.193 e. The first-order valence-electron chi connectivity index (χ1n) is 7.55. The van der Waals surface area contributed by atoms with Gasteiger partial charge in [0.1, 0.15) is 0 Å². The van der Waals surface area contributed by atoms with E-state index in [0.717, 1.165) is 24.1 Å². The molecule has 1 aliphatic rings. The van der Waals surface area contributed by atoms with Gasteiger partial charge in [0.15, 0.2) is 5.96 Å². The van der Waals surface area contributed by atoms with E-state index in [1.54, 1.807) is 0 Å². The van der Waals surface area contributed by atoms with Crippen LogP contribution in [0.2, 0.25) is 0 Å². The average Bonchev–Trinajstić information content (AvgIpc) is 3.35. The van der Waals surface area contributed by atoms with Crippen LogP contribution in [0, 0.1) is 5.41 Å². The van der Waals surface area contributed by atoms with Gasteiger partial charge in [0.2, 0.25) is 0 Å². The second-order valence-corrected chi connectivity index (χ2v) is 5.87. The first-order valence-corrected chi connectivity index (χ1v) is 7.55. The summed E-state index contributed by atoms with van der Waals surface area (Å²) >= 11 is 0. The minimum absolute atomic E-state index is 0.162. The van der Waals surface area contributed by atoms with Crippen LogP contribution < -0.4 is 11.1 Å². The summed E-state index contributed by atoms with van der Waals surface area (Å²) in [5, 5.41) is 13.7. The van der Waals surface area contributed by atoms with Gasteiger partial charge in [0.05, 0.1) is 12.6 Å². The molecule has 0 heterocycles. The number of para-hydroxylation sites is 1. The van der Waals surface area contributed by atoms with Crippen molar-refractivity contribution < 1.29 is 5.11 Å². The zero-order valence-electron chi connectivity index (χ0n) is 12.4. The number of nitrogens with two attached hydrogens (primary N) is 1. The van der Waals surface area contributed by atoms with Crippen molar-refractivity contribution in [1.82, 2.24) is 0 Å². The fourth-order valence-corrected chi connectivity index (χ4v) is 2.62. The van der Waals surface area contributed by atoms with Crippen LogP contribution in [0.25, 0.3) is 0 Å². The first kappa shape index (κ1) is 14.6. The summed E-state index contributed by atoms with van der Waals surface area (Å²) in [6.45, 7) is 0.536. The van der Waals surface area contributed by atoms with E-state index in [9.17, 15) is 5.11 Å². The quantitative estimate of drug-likeness (QED) is 0.586. The van der Waals surface area contributed by atoms with E-state index in [-0.39, 0.29) is 5.41 Å². The molecule has 0 aliphatic heterocycles. The lowest BCUT2D eigenvalue weighted by Gasteiger charge is -2.21. The van der Waals surface area contributed by atoms with Gasteiger partial charge in [-0.2, -0.15) is 0 Å². The first-order chi connectivity index (χ1) is 10.7. The lowest BCUT2D eigenvalue weighted by Crippen LogP contribution is -2.25. The fraction of sp³-hybridized carbons (Fsp3) is 0.278. The Hall–Kier alpha value is -2.33. The number of guanidine groups is 1. The second kappa shape index (κ2) is 6.20. The van der Waals surface area contributed by atoms with E-state index in [0.29, 0.717) is 12.5 Å². The number of anilines is 1. The van der Waals surface area contributed by atoms with Crippen LogP contribution in [0.1, 0.15) is 24.5 Å². The number of nitrogens with one attached hydrogen (secondary N) is 1. The van der Waals surface area contributed by atoms with Crippen molar-refractivity contribution in [2.24, 2.45) is 16.1 Å². The predicted octanol–water partition coefficient (Wildman–Crippen LogP) is 2.93. The van der Waals surface area contributed by atoms with E-state index in [2.05, 4.69) is 10.3 Å². The summed E-state index contributed by atoms with van der Waals surface area (Å²) in [6.07, 6.45) is 1.47. The predicted molar refractivity (Wildman–Crippen MR) is 89.6 cm³/mol. The van der Waals surface area contributed by atoms with Gasteiger partial charge in [-0.25, -0.2) is 0 Å². The van der Waals surface area contributed by atoms with E-state index < -0.39 is 6.10 Å². The van der Waals surface area contributed by atoms with Gasteiger partial charge < -0.3 is 16.2 Å². The molecule has 0 bridgehead atoms. The number of aliphatic hydroxyl groups is 1. The van der Waals surface area contributed by atoms with Crippen molar-refractivity contribution in [2.75, 3.05) is 11.9 Å². The Morgan fingerprint density at radius 2 is 1.68 bits per heavy atom. The molecular weight excluding hydrogens is 274 g/mol. The monoisotopic (exact) mass is 295 g/mol. The summed E-state index contributed by atoms with van der Waals surface area (Å²) < 4.78 is 0. The molecule has 3 rings (SSSR count). The zero-order valence-corrected chi connectivity index (χ0v) is 12.4. The van der Waals surface area contributed by atoms with Crippen LogP contribution in [-0.2, 0) is 0 Å². The van der Waals surface area contributed by atoms with Gasteiger partial charge in [-0.1, -0.05) is 48.5 Å². The van der Waals surface area contributed by atoms with Gasteiger partial charge >= 0.3 is 0 Å². The van der Waals surface area contributed by atoms with Gasteiger partial charge in [0.25, 0.3) is 0 Å². The summed E-state index contributed by atoms with van der Waals surface area (Å²) in [4.78, 5) is 4.42. The van der Waals surface area contributed by atoms with E-state index in [1.165, 1.54) is 0 Å². The smallest absolute Gasteiger partial charge is 0.193 e. The van der Waals surface area contributed by atoms with Crippen LogP contribution in [0.3, 0.4) is 0 Å². The van der Waals surface area contributed by atoms with Crippen molar-refractivity contribution in [3.05, 3.63) is 66.2 Å². The fourth-order valence-electron chi connectivity index (χ4n) is 2.62. The topological polar surface area (TPSA) is 70.6 Å². The number of aliphatic imine (C=N–C) groups is 1. The largest absolute Gasteiger partial charge is 0.388 e. The maximum atomic E-state index is 10.6. The Morgan fingerprint density at radius 3 is 2.27 bits per heavy atom. The van der Waals surface area contributed by atoms with Crippen LogP contribution in [0.5, 0.6) is 0 Å². The molecular formula is C18H21N3O. The SMILES string of the molecule is NC(=NCC1(C(O)c2ccccc2)CC1)Nc1ccccc1. The van der Waals surface area contributed by atoms with Gasteiger partial charge in [-0.05, 0) is 30.5 Å². The van der Waals surface area contributed by atoms with Crippen molar-refractivity contribution in [2.45, 2.75) is 18.9 Å². The Morgan fingerprint density at radius 1 is 1.09 bits per heavy atom. The van der Waals surface area contributed by atoms with Crippen LogP contribution in [0.4, 0.5) is 5.69 Å². The van der Waals surface area contributed by atoms with Crippen LogP contribution in [0.15, 0.2) is 65.7 Å². The minimum atomic E-state index is -0.484. The molecule has 2 aromatic rings. The molecule has 0 spiro atoms. The molecule has 0 saturated heterocycles. The van der Waals surface area contributed by atoms with Crippen molar-refractivity contribution in [1.29, 1.82) is 0 Å².